The molecule has 0 fully saturated rings. The minimum atomic E-state index is -5.48. The molecule has 0 bridgehead atoms. The molecule has 0 rings (SSSR count). The maximum atomic E-state index is 11.1. The van der Waals surface area contributed by atoms with Gasteiger partial charge in [-0.15, -0.1) is 0 Å². The molecule has 0 spiro atoms. The summed E-state index contributed by atoms with van der Waals surface area (Å²) in [5.74, 6) is 0. The second-order valence-electron chi connectivity index (χ2n) is 2.23. The van der Waals surface area contributed by atoms with Gasteiger partial charge in [0.05, 0.1) is 7.82 Å². The summed E-state index contributed by atoms with van der Waals surface area (Å²) in [7, 11) is 1.52. The summed E-state index contributed by atoms with van der Waals surface area (Å²) in [6.45, 7) is -2.06. The fourth-order valence-electron chi connectivity index (χ4n) is 0.152. The fraction of sp³-hybridized carbons (Fsp3) is 1.00. The maximum absolute atomic E-state index is 11.1. The molecule has 0 amide bonds. The third kappa shape index (κ3) is 48.8. The van der Waals surface area contributed by atoms with Crippen molar-refractivity contribution in [2.45, 2.75) is 6.18 Å². The highest BCUT2D eigenvalue weighted by Gasteiger charge is 2.27. The Kier molecular flexibility index (Phi) is 14.9. The Balaban J connectivity index is -0.000000235. The van der Waals surface area contributed by atoms with Crippen molar-refractivity contribution >= 4 is 7.82 Å². The standard InChI is InChI=1S/C2H4F3O4P.2C2H6N/c3-2(4,5)1-9-10(6,7)8;2*1-3-2/h1H2,(H2,6,7,8);2*1-2H3/q;2*-1/p-2. The topological polar surface area (TPSA) is 101 Å². The summed E-state index contributed by atoms with van der Waals surface area (Å²) < 4.78 is 45.5. The smallest absolute Gasteiger partial charge is 0.412 e. The molecule has 0 aromatic rings. The van der Waals surface area contributed by atoms with E-state index in [0.717, 1.165) is 0 Å². The molecule has 0 atom stereocenters. The molecule has 0 heterocycles. The Hall–Kier alpha value is -0.180. The molecule has 0 radical (unpaired) electrons. The van der Waals surface area contributed by atoms with Gasteiger partial charge in [0.15, 0.2) is 0 Å². The van der Waals surface area contributed by atoms with E-state index in [2.05, 4.69) is 15.2 Å². The van der Waals surface area contributed by atoms with Crippen molar-refractivity contribution < 1.29 is 32.0 Å². The number of phosphoric acid groups is 1. The summed E-state index contributed by atoms with van der Waals surface area (Å²) in [4.78, 5) is 18.9. The number of alkyl halides is 3. The van der Waals surface area contributed by atoms with Gasteiger partial charge >= 0.3 is 6.18 Å². The molecule has 0 saturated heterocycles. The van der Waals surface area contributed by atoms with Crippen molar-refractivity contribution in [2.24, 2.45) is 0 Å². The van der Waals surface area contributed by atoms with Crippen LogP contribution in [0.2, 0.25) is 0 Å². The van der Waals surface area contributed by atoms with Crippen molar-refractivity contribution in [2.75, 3.05) is 34.8 Å². The number of hydrogen-bond acceptors (Lipinski definition) is 4. The van der Waals surface area contributed by atoms with Crippen molar-refractivity contribution in [3.8, 4) is 0 Å². The van der Waals surface area contributed by atoms with Gasteiger partial charge in [-0.25, -0.2) is 0 Å². The molecular weight excluding hydrogens is 252 g/mol. The maximum Gasteiger partial charge on any atom is 0.412 e. The molecule has 0 aromatic heterocycles. The van der Waals surface area contributed by atoms with Crippen LogP contribution in [-0.4, -0.2) is 41.0 Å². The Morgan fingerprint density at radius 1 is 1.12 bits per heavy atom. The summed E-state index contributed by atoms with van der Waals surface area (Å²) in [5.41, 5.74) is 0. The van der Waals surface area contributed by atoms with Gasteiger partial charge in [-0.1, -0.05) is 0 Å². The molecule has 0 aliphatic rings. The lowest BCUT2D eigenvalue weighted by Crippen LogP contribution is -2.23. The van der Waals surface area contributed by atoms with Gasteiger partial charge in [-0.05, 0) is 0 Å². The molecule has 10 heteroatoms. The van der Waals surface area contributed by atoms with E-state index in [4.69, 9.17) is 0 Å². The third-order valence-corrected chi connectivity index (χ3v) is 0.832. The van der Waals surface area contributed by atoms with Gasteiger partial charge in [-0.3, -0.25) is 0 Å². The van der Waals surface area contributed by atoms with Crippen molar-refractivity contribution in [1.82, 2.24) is 0 Å². The first kappa shape index (κ1) is 21.1. The summed E-state index contributed by atoms with van der Waals surface area (Å²) in [6, 6.07) is 0. The van der Waals surface area contributed by atoms with Gasteiger partial charge in [0.25, 0.3) is 0 Å². The third-order valence-electron chi connectivity index (χ3n) is 0.386. The van der Waals surface area contributed by atoms with E-state index in [-0.39, 0.29) is 0 Å². The van der Waals surface area contributed by atoms with Crippen LogP contribution in [-0.2, 0) is 9.09 Å². The number of phosphoric ester groups is 1. The summed E-state index contributed by atoms with van der Waals surface area (Å²) in [6.07, 6.45) is -4.79. The van der Waals surface area contributed by atoms with Gasteiger partial charge in [-0.2, -0.15) is 41.4 Å². The molecular formula is C6H14F3N2O4P-4. The first-order valence-corrected chi connectivity index (χ1v) is 5.19. The molecule has 0 N–H and O–H groups in total. The lowest BCUT2D eigenvalue weighted by atomic mass is 10.7. The highest BCUT2D eigenvalue weighted by atomic mass is 31.2. The minimum Gasteiger partial charge on any atom is -0.790 e. The average Bonchev–Trinajstić information content (AvgIpc) is 2.01. The van der Waals surface area contributed by atoms with Gasteiger partial charge in [0, 0.05) is 0 Å². The molecule has 6 nitrogen and oxygen atoms in total. The van der Waals surface area contributed by atoms with Crippen LogP contribution < -0.4 is 9.79 Å². The number of nitrogens with zero attached hydrogens (tertiary/aromatic N) is 2. The van der Waals surface area contributed by atoms with E-state index in [1.165, 1.54) is 0 Å². The second-order valence-corrected chi connectivity index (χ2v) is 3.38. The predicted octanol–water partition coefficient (Wildman–Crippen LogP) is 0.633. The van der Waals surface area contributed by atoms with E-state index in [0.29, 0.717) is 0 Å². The number of halogens is 3. The van der Waals surface area contributed by atoms with Crippen molar-refractivity contribution in [3.05, 3.63) is 10.6 Å². The Bertz CT molecular complexity index is 183. The highest BCUT2D eigenvalue weighted by molar-refractivity contribution is 7.43. The van der Waals surface area contributed by atoms with E-state index in [1.54, 1.807) is 28.2 Å². The van der Waals surface area contributed by atoms with Gasteiger partial charge in [0.2, 0.25) is 0 Å². The van der Waals surface area contributed by atoms with E-state index in [1.807, 2.05) is 0 Å². The van der Waals surface area contributed by atoms with Crippen LogP contribution in [0.1, 0.15) is 0 Å². The molecule has 0 saturated carbocycles. The summed E-state index contributed by atoms with van der Waals surface area (Å²) >= 11 is 0. The lowest BCUT2D eigenvalue weighted by molar-refractivity contribution is -0.347. The average molecular weight is 266 g/mol. The molecule has 0 unspecified atom stereocenters. The van der Waals surface area contributed by atoms with Crippen LogP contribution in [0, 0.1) is 0 Å². The quantitative estimate of drug-likeness (QED) is 0.684. The second kappa shape index (κ2) is 11.3. The van der Waals surface area contributed by atoms with Crippen LogP contribution in [0.3, 0.4) is 0 Å². The molecule has 0 aromatic carbocycles. The van der Waals surface area contributed by atoms with E-state index >= 15 is 0 Å². The molecule has 0 aliphatic carbocycles. The minimum absolute atomic E-state index is 1.75. The Morgan fingerprint density at radius 2 is 1.38 bits per heavy atom. The van der Waals surface area contributed by atoms with Gasteiger partial charge in [0.1, 0.15) is 6.61 Å². The molecule has 16 heavy (non-hydrogen) atoms. The number of rotatable bonds is 2. The lowest BCUT2D eigenvalue weighted by Gasteiger charge is -2.28. The van der Waals surface area contributed by atoms with Gasteiger partial charge < -0.3 is 29.5 Å². The number of hydrogen-bond donors (Lipinski definition) is 0. The largest absolute Gasteiger partial charge is 0.790 e. The zero-order chi connectivity index (χ0) is 13.8. The SMILES string of the molecule is C[N-]C.C[N-]C.O=P([O-])([O-])OCC(F)(F)F. The molecule has 0 aliphatic heterocycles. The first-order chi connectivity index (χ1) is 7.04. The Labute approximate surface area is 92.4 Å². The Morgan fingerprint density at radius 3 is 1.44 bits per heavy atom. The predicted molar refractivity (Wildman–Crippen MR) is 50.0 cm³/mol. The zero-order valence-electron chi connectivity index (χ0n) is 9.32. The van der Waals surface area contributed by atoms with Crippen LogP contribution in [0.4, 0.5) is 13.2 Å². The van der Waals surface area contributed by atoms with E-state index in [9.17, 15) is 27.5 Å². The van der Waals surface area contributed by atoms with Crippen molar-refractivity contribution in [1.29, 1.82) is 0 Å². The van der Waals surface area contributed by atoms with E-state index < -0.39 is 20.6 Å². The highest BCUT2D eigenvalue weighted by Crippen LogP contribution is 2.28. The fourth-order valence-corrected chi connectivity index (χ4v) is 0.457. The normalized spacial score (nSPS) is 10.8. The van der Waals surface area contributed by atoms with Crippen LogP contribution in [0.5, 0.6) is 0 Å². The molecule has 102 valence electrons. The van der Waals surface area contributed by atoms with Crippen molar-refractivity contribution in [3.63, 3.8) is 0 Å². The first-order valence-electron chi connectivity index (χ1n) is 3.73. The monoisotopic (exact) mass is 266 g/mol. The van der Waals surface area contributed by atoms with Crippen LogP contribution >= 0.6 is 7.82 Å². The summed E-state index contributed by atoms with van der Waals surface area (Å²) in [5, 5.41) is 7.00. The van der Waals surface area contributed by atoms with Crippen LogP contribution in [0.15, 0.2) is 0 Å². The zero-order valence-corrected chi connectivity index (χ0v) is 10.2. The van der Waals surface area contributed by atoms with Crippen LogP contribution in [0.25, 0.3) is 10.6 Å².